The van der Waals surface area contributed by atoms with E-state index in [0.717, 1.165) is 5.56 Å². The molecule has 2 aromatic carbocycles. The van der Waals surface area contributed by atoms with Gasteiger partial charge < -0.3 is 0 Å². The molecule has 0 aliphatic heterocycles. The van der Waals surface area contributed by atoms with Crippen LogP contribution in [0, 0.1) is 5.92 Å². The fourth-order valence-electron chi connectivity index (χ4n) is 5.94. The Kier molecular flexibility index (Phi) is 5.59. The number of halogens is 2. The van der Waals surface area contributed by atoms with E-state index in [1.54, 1.807) is 14.4 Å². The van der Waals surface area contributed by atoms with Crippen LogP contribution in [0.3, 0.4) is 0 Å². The summed E-state index contributed by atoms with van der Waals surface area (Å²) in [6.07, 6.45) is 2.54. The summed E-state index contributed by atoms with van der Waals surface area (Å²) in [5, 5.41) is 1.38. The predicted octanol–water partition coefficient (Wildman–Crippen LogP) is 8.07. The fraction of sp³-hybridized carbons (Fsp3) is 0.308. The summed E-state index contributed by atoms with van der Waals surface area (Å²) in [5.41, 5.74) is 9.82. The van der Waals surface area contributed by atoms with Crippen molar-refractivity contribution in [2.45, 2.75) is 40.6 Å². The third-order valence-electron chi connectivity index (χ3n) is 7.62. The third kappa shape index (κ3) is 3.43. The first-order valence-corrected chi connectivity index (χ1v) is 24.9. The number of hydrogen-bond acceptors (Lipinski definition) is 0. The Morgan fingerprint density at radius 1 is 0.900 bits per heavy atom. The maximum atomic E-state index is 6.37. The molecule has 0 heterocycles. The van der Waals surface area contributed by atoms with E-state index in [9.17, 15) is 0 Å². The van der Waals surface area contributed by atoms with E-state index in [1.807, 2.05) is 18.2 Å². The van der Waals surface area contributed by atoms with Crippen molar-refractivity contribution in [1.29, 1.82) is 0 Å². The quantitative estimate of drug-likeness (QED) is 0.351. The molecule has 2 aromatic rings. The molecular formula is C26H30Cl2SiZr. The normalized spacial score (nSPS) is 22.0. The van der Waals surface area contributed by atoms with Crippen LogP contribution in [-0.4, -0.2) is 6.88 Å². The van der Waals surface area contributed by atoms with Gasteiger partial charge in [0.25, 0.3) is 0 Å². The van der Waals surface area contributed by atoms with Crippen LogP contribution >= 0.6 is 23.2 Å². The Labute approximate surface area is 193 Å². The van der Waals surface area contributed by atoms with E-state index < -0.39 is 17.4 Å². The van der Waals surface area contributed by atoms with Gasteiger partial charge in [-0.3, -0.25) is 0 Å². The summed E-state index contributed by atoms with van der Waals surface area (Å²) in [5.74, 6) is 0.549. The third-order valence-corrected chi connectivity index (χ3v) is 25.3. The van der Waals surface area contributed by atoms with E-state index in [2.05, 4.69) is 74.2 Å². The van der Waals surface area contributed by atoms with Gasteiger partial charge in [0.1, 0.15) is 0 Å². The van der Waals surface area contributed by atoms with E-state index in [1.165, 1.54) is 22.3 Å². The summed E-state index contributed by atoms with van der Waals surface area (Å²) in [7, 11) is 0. The Morgan fingerprint density at radius 2 is 1.50 bits per heavy atom. The molecule has 0 bridgehead atoms. The molecule has 156 valence electrons. The number of benzene rings is 2. The second-order valence-corrected chi connectivity index (χ2v) is 40.6. The molecule has 0 N–H and O–H groups in total. The zero-order chi connectivity index (χ0) is 22.0. The van der Waals surface area contributed by atoms with Crippen LogP contribution in [-0.2, 0) is 17.4 Å². The van der Waals surface area contributed by atoms with Crippen molar-refractivity contribution in [3.8, 4) is 0 Å². The molecule has 2 unspecified atom stereocenters. The Morgan fingerprint density at radius 3 is 2.07 bits per heavy atom. The van der Waals surface area contributed by atoms with Gasteiger partial charge in [-0.25, -0.2) is 0 Å². The number of hydrogen-bond donors (Lipinski definition) is 0. The van der Waals surface area contributed by atoms with Gasteiger partial charge in [-0.2, -0.15) is 0 Å². The van der Waals surface area contributed by atoms with Gasteiger partial charge in [-0.15, -0.1) is 0 Å². The van der Waals surface area contributed by atoms with Crippen LogP contribution in [0.4, 0.5) is 0 Å². The molecule has 0 radical (unpaired) electrons. The van der Waals surface area contributed by atoms with Crippen LogP contribution in [0.5, 0.6) is 0 Å². The topological polar surface area (TPSA) is 0 Å². The van der Waals surface area contributed by atoms with Crippen LogP contribution in [0.2, 0.25) is 19.3 Å². The molecular weight excluding hydrogens is 503 g/mol. The Hall–Kier alpha value is -0.660. The molecule has 30 heavy (non-hydrogen) atoms. The van der Waals surface area contributed by atoms with E-state index in [0.29, 0.717) is 19.6 Å². The fourth-order valence-corrected chi connectivity index (χ4v) is 25.0. The van der Waals surface area contributed by atoms with Crippen LogP contribution < -0.4 is 0 Å². The molecule has 0 spiro atoms. The van der Waals surface area contributed by atoms with Crippen molar-refractivity contribution in [3.63, 3.8) is 0 Å². The SMILES string of the molecule is CC1=C(C)C(C)[C]([Zr]([CH3])([CH3])(=[SiH2])[CH]2C=C(c3cc(Cl)cc(Cl)c3)c3ccccc32)=C1C. The van der Waals surface area contributed by atoms with E-state index in [4.69, 9.17) is 23.2 Å². The molecule has 4 heteroatoms. The number of allylic oxidation sites excluding steroid dienone is 5. The average Bonchev–Trinajstić information content (AvgIpc) is 3.14. The summed E-state index contributed by atoms with van der Waals surface area (Å²) in [4.78, 5) is 0. The van der Waals surface area contributed by atoms with Crippen LogP contribution in [0.25, 0.3) is 5.57 Å². The maximum absolute atomic E-state index is 6.37. The van der Waals surface area contributed by atoms with Gasteiger partial charge in [-0.05, 0) is 0 Å². The van der Waals surface area contributed by atoms with Crippen LogP contribution in [0.1, 0.15) is 48.0 Å². The first-order chi connectivity index (χ1) is 13.9. The van der Waals surface area contributed by atoms with Crippen LogP contribution in [0.15, 0.2) is 68.5 Å². The van der Waals surface area contributed by atoms with Gasteiger partial charge in [-0.1, -0.05) is 0 Å². The Bertz CT molecular complexity index is 1220. The minimum atomic E-state index is -3.39. The molecule has 4 rings (SSSR count). The van der Waals surface area contributed by atoms with Crippen molar-refractivity contribution in [2.75, 3.05) is 0 Å². The van der Waals surface area contributed by atoms with E-state index in [-0.39, 0.29) is 0 Å². The minimum absolute atomic E-state index is 0.472. The van der Waals surface area contributed by atoms with E-state index >= 15 is 0 Å². The number of rotatable bonds is 3. The van der Waals surface area contributed by atoms with Gasteiger partial charge in [0.2, 0.25) is 0 Å². The van der Waals surface area contributed by atoms with Gasteiger partial charge >= 0.3 is 195 Å². The molecule has 0 fully saturated rings. The first kappa shape index (κ1) is 22.5. The number of fused-ring (bicyclic) bond motifs is 1. The summed E-state index contributed by atoms with van der Waals surface area (Å²) < 4.78 is 7.53. The monoisotopic (exact) mass is 530 g/mol. The van der Waals surface area contributed by atoms with Crippen molar-refractivity contribution < 1.29 is 17.4 Å². The molecule has 0 saturated carbocycles. The molecule has 0 amide bonds. The summed E-state index contributed by atoms with van der Waals surface area (Å²) in [6.45, 7) is 11.8. The zero-order valence-corrected chi connectivity index (χ0v) is 24.1. The van der Waals surface area contributed by atoms with Gasteiger partial charge in [0, 0.05) is 0 Å². The second kappa shape index (κ2) is 7.45. The van der Waals surface area contributed by atoms with Crippen molar-refractivity contribution in [2.24, 2.45) is 5.92 Å². The molecule has 2 aliphatic rings. The second-order valence-electron chi connectivity index (χ2n) is 10.2. The molecule has 0 nitrogen and oxygen atoms in total. The standard InChI is InChI=1S/C15H9Cl2.C9H13.2CH3.H2Si.Zr/c16-12-7-11(8-13(17)9-12)15-6-5-10-3-1-2-4-14(10)15;1-6-5-7(2)9(4)8(6)3;;;;/h1-9H;6H,1-4H3;2*1H3;1H2;. The van der Waals surface area contributed by atoms with Gasteiger partial charge in [0.05, 0.1) is 0 Å². The molecule has 2 aliphatic carbocycles. The van der Waals surface area contributed by atoms with Crippen molar-refractivity contribution >= 4 is 35.7 Å². The zero-order valence-electron chi connectivity index (χ0n) is 18.7. The summed E-state index contributed by atoms with van der Waals surface area (Å²) in [6, 6.07) is 14.8. The van der Waals surface area contributed by atoms with Crippen molar-refractivity contribution in [1.82, 2.24) is 0 Å². The summed E-state index contributed by atoms with van der Waals surface area (Å²) >= 11 is 9.36. The predicted molar refractivity (Wildman–Crippen MR) is 133 cm³/mol. The Balaban J connectivity index is 1.95. The van der Waals surface area contributed by atoms with Gasteiger partial charge in [0.15, 0.2) is 0 Å². The van der Waals surface area contributed by atoms with Crippen molar-refractivity contribution in [3.05, 3.63) is 95.3 Å². The molecule has 2 atom stereocenters. The first-order valence-electron chi connectivity index (χ1n) is 10.6. The average molecular weight is 533 g/mol. The molecule has 0 saturated heterocycles. The molecule has 0 aromatic heterocycles.